The van der Waals surface area contributed by atoms with Crippen LogP contribution >= 0.6 is 15.9 Å². The summed E-state index contributed by atoms with van der Waals surface area (Å²) >= 11 is 3.65. The maximum Gasteiger partial charge on any atom is 0.241 e. The quantitative estimate of drug-likeness (QED) is 0.777. The summed E-state index contributed by atoms with van der Waals surface area (Å²) in [5.41, 5.74) is 0.741. The van der Waals surface area contributed by atoms with Gasteiger partial charge in [-0.05, 0) is 38.2 Å². The van der Waals surface area contributed by atoms with E-state index in [4.69, 9.17) is 4.74 Å². The van der Waals surface area contributed by atoms with Crippen molar-refractivity contribution in [2.45, 2.75) is 56.6 Å². The molecule has 2 fully saturated rings. The summed E-state index contributed by atoms with van der Waals surface area (Å²) in [5, 5.41) is 0. The van der Waals surface area contributed by atoms with Crippen LogP contribution in [0.2, 0.25) is 0 Å². The average molecular weight is 351 g/mol. The van der Waals surface area contributed by atoms with Crippen LogP contribution in [0.4, 0.5) is 5.82 Å². The van der Waals surface area contributed by atoms with E-state index in [2.05, 4.69) is 20.9 Å². The Morgan fingerprint density at radius 2 is 2.10 bits per heavy atom. The molecule has 3 aliphatic rings. The largest absolute Gasteiger partial charge is 0.358 e. The van der Waals surface area contributed by atoms with E-state index >= 15 is 0 Å². The van der Waals surface area contributed by atoms with Gasteiger partial charge in [0.15, 0.2) is 0 Å². The van der Waals surface area contributed by atoms with Gasteiger partial charge in [-0.1, -0.05) is 28.8 Å². The van der Waals surface area contributed by atoms with Crippen LogP contribution < -0.4 is 4.90 Å². The molecule has 2 aliphatic heterocycles. The van der Waals surface area contributed by atoms with Crippen molar-refractivity contribution in [3.8, 4) is 0 Å². The number of carbonyl (C=O) groups excluding carboxylic acids is 1. The first-order valence-electron chi connectivity index (χ1n) is 7.84. The highest BCUT2D eigenvalue weighted by molar-refractivity contribution is 9.10. The molecule has 112 valence electrons. The minimum Gasteiger partial charge on any atom is -0.358 e. The number of aromatic nitrogens is 1. The standard InChI is InChI=1S/C16H19BrN2O2/c17-11-6-9-18-14-13(11)16(7-2-3-8-16)15(20)19(14)12-5-1-4-10-21-12/h6,9,12H,1-5,7-8,10H2. The fourth-order valence-corrected chi connectivity index (χ4v) is 4.80. The Morgan fingerprint density at radius 3 is 2.81 bits per heavy atom. The number of hydrogen-bond acceptors (Lipinski definition) is 3. The Bertz CT molecular complexity index is 578. The maximum absolute atomic E-state index is 13.2. The number of anilines is 1. The van der Waals surface area contributed by atoms with Crippen molar-refractivity contribution in [1.82, 2.24) is 4.98 Å². The van der Waals surface area contributed by atoms with Gasteiger partial charge >= 0.3 is 0 Å². The van der Waals surface area contributed by atoms with Gasteiger partial charge in [-0.2, -0.15) is 0 Å². The molecule has 1 unspecified atom stereocenters. The lowest BCUT2D eigenvalue weighted by Gasteiger charge is -2.32. The second kappa shape index (κ2) is 5.06. The first kappa shape index (κ1) is 13.7. The van der Waals surface area contributed by atoms with Crippen molar-refractivity contribution >= 4 is 27.7 Å². The predicted octanol–water partition coefficient (Wildman–Crippen LogP) is 3.53. The van der Waals surface area contributed by atoms with Crippen LogP contribution in [0.5, 0.6) is 0 Å². The Morgan fingerprint density at radius 1 is 1.29 bits per heavy atom. The second-order valence-corrected chi connectivity index (χ2v) is 7.13. The molecule has 0 bridgehead atoms. The highest BCUT2D eigenvalue weighted by Crippen LogP contribution is 2.53. The van der Waals surface area contributed by atoms with E-state index in [1.165, 1.54) is 0 Å². The van der Waals surface area contributed by atoms with Crippen LogP contribution in [0.25, 0.3) is 0 Å². The highest BCUT2D eigenvalue weighted by atomic mass is 79.9. The average Bonchev–Trinajstić information content (AvgIpc) is 3.07. The molecule has 1 saturated carbocycles. The summed E-state index contributed by atoms with van der Waals surface area (Å²) in [6.45, 7) is 0.741. The van der Waals surface area contributed by atoms with Gasteiger partial charge in [0.1, 0.15) is 12.0 Å². The zero-order valence-corrected chi connectivity index (χ0v) is 13.6. The molecule has 1 aromatic rings. The van der Waals surface area contributed by atoms with Crippen molar-refractivity contribution in [2.24, 2.45) is 0 Å². The summed E-state index contributed by atoms with van der Waals surface area (Å²) in [4.78, 5) is 19.6. The highest BCUT2D eigenvalue weighted by Gasteiger charge is 2.55. The van der Waals surface area contributed by atoms with Gasteiger partial charge in [0, 0.05) is 22.8 Å². The normalized spacial score (nSPS) is 27.4. The van der Waals surface area contributed by atoms with Gasteiger partial charge in [-0.25, -0.2) is 4.98 Å². The summed E-state index contributed by atoms with van der Waals surface area (Å²) < 4.78 is 6.90. The van der Waals surface area contributed by atoms with Crippen LogP contribution in [0, 0.1) is 0 Å². The molecule has 1 amide bonds. The van der Waals surface area contributed by atoms with Crippen LogP contribution in [-0.2, 0) is 14.9 Å². The molecular weight excluding hydrogens is 332 g/mol. The molecule has 0 N–H and O–H groups in total. The number of rotatable bonds is 1. The van der Waals surface area contributed by atoms with Crippen molar-refractivity contribution < 1.29 is 9.53 Å². The summed E-state index contributed by atoms with van der Waals surface area (Å²) in [6, 6.07) is 1.96. The van der Waals surface area contributed by atoms with Gasteiger partial charge < -0.3 is 4.74 Å². The zero-order chi connectivity index (χ0) is 14.4. The molecule has 0 radical (unpaired) electrons. The smallest absolute Gasteiger partial charge is 0.241 e. The van der Waals surface area contributed by atoms with Crippen molar-refractivity contribution in [2.75, 3.05) is 11.5 Å². The van der Waals surface area contributed by atoms with Gasteiger partial charge in [0.25, 0.3) is 0 Å². The number of pyridine rings is 1. The van der Waals surface area contributed by atoms with Gasteiger partial charge in [-0.3, -0.25) is 9.69 Å². The monoisotopic (exact) mass is 350 g/mol. The van der Waals surface area contributed by atoms with Crippen LogP contribution in [0.1, 0.15) is 50.5 Å². The van der Waals surface area contributed by atoms with Crippen molar-refractivity contribution in [3.63, 3.8) is 0 Å². The Hall–Kier alpha value is -0.940. The fourth-order valence-electron chi connectivity index (χ4n) is 4.12. The molecule has 1 saturated heterocycles. The molecule has 21 heavy (non-hydrogen) atoms. The summed E-state index contributed by atoms with van der Waals surface area (Å²) in [7, 11) is 0. The first-order valence-corrected chi connectivity index (χ1v) is 8.64. The topological polar surface area (TPSA) is 42.4 Å². The van der Waals surface area contributed by atoms with E-state index in [1.807, 2.05) is 11.0 Å². The third-order valence-electron chi connectivity index (χ3n) is 5.12. The number of nitrogens with zero attached hydrogens (tertiary/aromatic N) is 2. The Labute approximate surface area is 133 Å². The summed E-state index contributed by atoms with van der Waals surface area (Å²) in [6.07, 6.45) is 8.87. The predicted molar refractivity (Wildman–Crippen MR) is 83.2 cm³/mol. The van der Waals surface area contributed by atoms with Crippen LogP contribution in [0.15, 0.2) is 16.7 Å². The lowest BCUT2D eigenvalue weighted by Crippen LogP contribution is -2.46. The van der Waals surface area contributed by atoms with Gasteiger partial charge in [0.2, 0.25) is 5.91 Å². The third-order valence-corrected chi connectivity index (χ3v) is 5.78. The number of ether oxygens (including phenoxy) is 1. The van der Waals surface area contributed by atoms with Gasteiger partial charge in [-0.15, -0.1) is 0 Å². The minimum atomic E-state index is -0.358. The van der Waals surface area contributed by atoms with E-state index in [0.29, 0.717) is 0 Å². The molecular formula is C16H19BrN2O2. The Kier molecular flexibility index (Phi) is 3.30. The van der Waals surface area contributed by atoms with Crippen LogP contribution in [-0.4, -0.2) is 23.7 Å². The number of carbonyl (C=O) groups is 1. The third kappa shape index (κ3) is 1.90. The van der Waals surface area contributed by atoms with Crippen molar-refractivity contribution in [3.05, 3.63) is 22.3 Å². The molecule has 3 heterocycles. The molecule has 1 aromatic heterocycles. The molecule has 0 aromatic carbocycles. The Balaban J connectivity index is 1.83. The van der Waals surface area contributed by atoms with E-state index in [9.17, 15) is 4.79 Å². The van der Waals surface area contributed by atoms with E-state index in [1.54, 1.807) is 6.20 Å². The molecule has 1 spiro atoms. The molecule has 4 rings (SSSR count). The van der Waals surface area contributed by atoms with Crippen LogP contribution in [0.3, 0.4) is 0 Å². The maximum atomic E-state index is 13.2. The molecule has 5 heteroatoms. The number of hydrogen-bond donors (Lipinski definition) is 0. The minimum absolute atomic E-state index is 0.133. The van der Waals surface area contributed by atoms with E-state index < -0.39 is 0 Å². The zero-order valence-electron chi connectivity index (χ0n) is 12.0. The molecule has 1 aliphatic carbocycles. The van der Waals surface area contributed by atoms with Gasteiger partial charge in [0.05, 0.1) is 5.41 Å². The van der Waals surface area contributed by atoms with E-state index in [0.717, 1.165) is 67.4 Å². The van der Waals surface area contributed by atoms with E-state index in [-0.39, 0.29) is 17.6 Å². The fraction of sp³-hybridized carbons (Fsp3) is 0.625. The second-order valence-electron chi connectivity index (χ2n) is 6.28. The molecule has 1 atom stereocenters. The number of halogens is 1. The molecule has 4 nitrogen and oxygen atoms in total. The first-order chi connectivity index (χ1) is 10.2. The summed E-state index contributed by atoms with van der Waals surface area (Å²) in [5.74, 6) is 1.03. The lowest BCUT2D eigenvalue weighted by molar-refractivity contribution is -0.126. The SMILES string of the molecule is O=C1N(C2CCCCO2)c2nccc(Br)c2C12CCCC2. The lowest BCUT2D eigenvalue weighted by atomic mass is 9.81. The number of fused-ring (bicyclic) bond motifs is 2. The van der Waals surface area contributed by atoms with Crippen molar-refractivity contribution in [1.29, 1.82) is 0 Å². The number of amides is 1.